The lowest BCUT2D eigenvalue weighted by atomic mass is 10.3. The number of sulfone groups is 1. The third-order valence-corrected chi connectivity index (χ3v) is 5.26. The van der Waals surface area contributed by atoms with E-state index in [-0.39, 0.29) is 10.9 Å². The van der Waals surface area contributed by atoms with Crippen molar-refractivity contribution in [2.75, 3.05) is 19.3 Å². The Labute approximate surface area is 129 Å². The molecule has 0 fully saturated rings. The summed E-state index contributed by atoms with van der Waals surface area (Å²) in [6.45, 7) is 8.44. The molecule has 21 heavy (non-hydrogen) atoms. The summed E-state index contributed by atoms with van der Waals surface area (Å²) < 4.78 is 26.2. The van der Waals surface area contributed by atoms with Crippen LogP contribution in [0.25, 0.3) is 0 Å². The first-order valence-corrected chi connectivity index (χ1v) is 9.57. The summed E-state index contributed by atoms with van der Waals surface area (Å²) in [7, 11) is -1.19. The smallest absolute Gasteiger partial charge is 0.227 e. The van der Waals surface area contributed by atoms with E-state index in [1.54, 1.807) is 13.1 Å². The van der Waals surface area contributed by atoms with Crippen LogP contribution in [0.3, 0.4) is 0 Å². The Bertz CT molecular complexity index is 523. The summed E-state index contributed by atoms with van der Waals surface area (Å²) in [5, 5.41) is 0.234. The first-order valence-electron chi connectivity index (χ1n) is 7.91. The fourth-order valence-corrected chi connectivity index (χ4v) is 3.25. The molecule has 0 aliphatic rings. The van der Waals surface area contributed by atoms with Crippen LogP contribution in [0, 0.1) is 0 Å². The molecule has 0 aliphatic heterocycles. The summed E-state index contributed by atoms with van der Waals surface area (Å²) in [5.41, 5.74) is 0.995. The van der Waals surface area contributed by atoms with Gasteiger partial charge in [0, 0.05) is 13.1 Å². The third kappa shape index (κ3) is 5.11. The van der Waals surface area contributed by atoms with Gasteiger partial charge >= 0.3 is 0 Å². The second-order valence-corrected chi connectivity index (χ2v) is 7.70. The Kier molecular flexibility index (Phi) is 7.39. The van der Waals surface area contributed by atoms with E-state index < -0.39 is 9.84 Å². The Balaban J connectivity index is 2.98. The molecule has 0 radical (unpaired) electrons. The van der Waals surface area contributed by atoms with Crippen molar-refractivity contribution in [3.8, 4) is 0 Å². The molecule has 0 aliphatic carbocycles. The van der Waals surface area contributed by atoms with Crippen LogP contribution in [0.15, 0.2) is 11.4 Å². The minimum absolute atomic E-state index is 0.0985. The average molecular weight is 315 g/mol. The van der Waals surface area contributed by atoms with Crippen LogP contribution < -0.4 is 0 Å². The van der Waals surface area contributed by atoms with Gasteiger partial charge in [0.2, 0.25) is 15.0 Å². The van der Waals surface area contributed by atoms with Gasteiger partial charge in [-0.05, 0) is 26.4 Å². The molecule has 0 aromatic carbocycles. The zero-order valence-electron chi connectivity index (χ0n) is 13.8. The van der Waals surface area contributed by atoms with Gasteiger partial charge in [-0.1, -0.05) is 33.6 Å². The van der Waals surface area contributed by atoms with Gasteiger partial charge in [0.1, 0.15) is 0 Å². The van der Waals surface area contributed by atoms with E-state index in [2.05, 4.69) is 30.8 Å². The predicted molar refractivity (Wildman–Crippen MR) is 86.1 cm³/mol. The van der Waals surface area contributed by atoms with E-state index >= 15 is 0 Å². The highest BCUT2D eigenvalue weighted by atomic mass is 32.2. The quantitative estimate of drug-likeness (QED) is 0.666. The van der Waals surface area contributed by atoms with Gasteiger partial charge in [0.25, 0.3) is 0 Å². The number of imidazole rings is 1. The fraction of sp³-hybridized carbons (Fsp3) is 0.800. The Hall–Kier alpha value is -0.880. The Morgan fingerprint density at radius 1 is 1.19 bits per heavy atom. The normalized spacial score (nSPS) is 12.2. The highest BCUT2D eigenvalue weighted by molar-refractivity contribution is 7.91. The van der Waals surface area contributed by atoms with Crippen LogP contribution in [0.4, 0.5) is 0 Å². The van der Waals surface area contributed by atoms with Gasteiger partial charge in [-0.2, -0.15) is 0 Å². The molecular weight excluding hydrogens is 286 g/mol. The van der Waals surface area contributed by atoms with Crippen molar-refractivity contribution in [2.45, 2.75) is 64.7 Å². The van der Waals surface area contributed by atoms with E-state index in [1.807, 2.05) is 4.57 Å². The largest absolute Gasteiger partial charge is 0.318 e. The first-order chi connectivity index (χ1) is 9.96. The zero-order chi connectivity index (χ0) is 15.9. The Morgan fingerprint density at radius 3 is 2.43 bits per heavy atom. The monoisotopic (exact) mass is 315 g/mol. The summed E-state index contributed by atoms with van der Waals surface area (Å²) in [4.78, 5) is 6.42. The molecule has 0 amide bonds. The average Bonchev–Trinajstić information content (AvgIpc) is 2.86. The second-order valence-electron chi connectivity index (χ2n) is 5.53. The third-order valence-electron chi connectivity index (χ3n) is 3.62. The molecule has 0 N–H and O–H groups in total. The number of unbranched alkanes of at least 4 members (excludes halogenated alkanes) is 2. The molecule has 1 heterocycles. The topological polar surface area (TPSA) is 55.2 Å². The zero-order valence-corrected chi connectivity index (χ0v) is 14.6. The first kappa shape index (κ1) is 18.2. The van der Waals surface area contributed by atoms with E-state index in [4.69, 9.17) is 0 Å². The molecule has 0 saturated heterocycles. The molecule has 1 rings (SSSR count). The molecule has 122 valence electrons. The van der Waals surface area contributed by atoms with Gasteiger partial charge < -0.3 is 9.47 Å². The van der Waals surface area contributed by atoms with Crippen molar-refractivity contribution in [1.29, 1.82) is 0 Å². The van der Waals surface area contributed by atoms with E-state index in [0.29, 0.717) is 0 Å². The molecule has 1 aromatic rings. The lowest BCUT2D eigenvalue weighted by Crippen LogP contribution is -2.22. The number of hydrogen-bond donors (Lipinski definition) is 0. The highest BCUT2D eigenvalue weighted by Crippen LogP contribution is 2.16. The van der Waals surface area contributed by atoms with E-state index in [9.17, 15) is 8.42 Å². The summed E-state index contributed by atoms with van der Waals surface area (Å²) in [6, 6.07) is 0. The minimum Gasteiger partial charge on any atom is -0.318 e. The molecule has 0 saturated carbocycles. The van der Waals surface area contributed by atoms with Crippen molar-refractivity contribution >= 4 is 9.84 Å². The van der Waals surface area contributed by atoms with Gasteiger partial charge in [-0.3, -0.25) is 0 Å². The summed E-state index contributed by atoms with van der Waals surface area (Å²) in [5.74, 6) is 0.0985. The number of hydrogen-bond acceptors (Lipinski definition) is 4. The molecule has 1 aromatic heterocycles. The number of rotatable bonds is 10. The SMILES string of the molecule is CCCCN(C)Cc1cnc(S(=O)(=O)CC)n1CCCC. The van der Waals surface area contributed by atoms with Crippen LogP contribution in [0.1, 0.15) is 52.1 Å². The van der Waals surface area contributed by atoms with Crippen LogP contribution in [-0.4, -0.2) is 42.2 Å². The minimum atomic E-state index is -3.26. The van der Waals surface area contributed by atoms with Crippen LogP contribution in [0.5, 0.6) is 0 Å². The lowest BCUT2D eigenvalue weighted by Gasteiger charge is -2.18. The summed E-state index contributed by atoms with van der Waals surface area (Å²) in [6.07, 6.45) is 6.04. The maximum atomic E-state index is 12.2. The van der Waals surface area contributed by atoms with Gasteiger partial charge in [0.05, 0.1) is 17.6 Å². The Morgan fingerprint density at radius 2 is 1.86 bits per heavy atom. The van der Waals surface area contributed by atoms with Crippen LogP contribution in [0.2, 0.25) is 0 Å². The highest BCUT2D eigenvalue weighted by Gasteiger charge is 2.21. The molecule has 0 spiro atoms. The van der Waals surface area contributed by atoms with Crippen LogP contribution in [-0.2, 0) is 22.9 Å². The molecule has 0 unspecified atom stereocenters. The van der Waals surface area contributed by atoms with Crippen molar-refractivity contribution in [1.82, 2.24) is 14.5 Å². The standard InChI is InChI=1S/C15H29N3O2S/c1-5-8-10-17(4)13-14-12-16-15(21(19,20)7-3)18(14)11-9-6-2/h12H,5-11,13H2,1-4H3. The van der Waals surface area contributed by atoms with Gasteiger partial charge in [0.15, 0.2) is 0 Å². The lowest BCUT2D eigenvalue weighted by molar-refractivity contribution is 0.309. The van der Waals surface area contributed by atoms with Gasteiger partial charge in [-0.25, -0.2) is 13.4 Å². The van der Waals surface area contributed by atoms with Crippen molar-refractivity contribution in [3.05, 3.63) is 11.9 Å². The maximum Gasteiger partial charge on any atom is 0.227 e. The van der Waals surface area contributed by atoms with E-state index in [0.717, 1.165) is 51.0 Å². The van der Waals surface area contributed by atoms with Crippen molar-refractivity contribution in [2.24, 2.45) is 0 Å². The van der Waals surface area contributed by atoms with Crippen LogP contribution >= 0.6 is 0 Å². The molecule has 0 bridgehead atoms. The summed E-state index contributed by atoms with van der Waals surface area (Å²) >= 11 is 0. The number of nitrogens with zero attached hydrogens (tertiary/aromatic N) is 3. The maximum absolute atomic E-state index is 12.2. The number of aromatic nitrogens is 2. The van der Waals surface area contributed by atoms with Crippen molar-refractivity contribution < 1.29 is 8.42 Å². The van der Waals surface area contributed by atoms with Crippen molar-refractivity contribution in [3.63, 3.8) is 0 Å². The second kappa shape index (κ2) is 8.54. The molecule has 6 heteroatoms. The van der Waals surface area contributed by atoms with Gasteiger partial charge in [-0.15, -0.1) is 0 Å². The predicted octanol–water partition coefficient (Wildman–Crippen LogP) is 2.71. The fourth-order valence-electron chi connectivity index (χ4n) is 2.23. The molecule has 5 nitrogen and oxygen atoms in total. The molecule has 0 atom stereocenters. The molecular formula is C15H29N3O2S. The van der Waals surface area contributed by atoms with E-state index in [1.165, 1.54) is 0 Å².